The van der Waals surface area contributed by atoms with Gasteiger partial charge in [-0.25, -0.2) is 9.96 Å². The Kier molecular flexibility index (Phi) is 5.12. The Morgan fingerprint density at radius 3 is 2.38 bits per heavy atom. The molecule has 5 rings (SSSR count). The minimum absolute atomic E-state index is 0.320. The van der Waals surface area contributed by atoms with Crippen LogP contribution in [-0.4, -0.2) is 25.0 Å². The number of halogens is 1. The number of ether oxygens (including phenoxy) is 1. The summed E-state index contributed by atoms with van der Waals surface area (Å²) in [4.78, 5) is 34.6. The molecule has 0 spiro atoms. The van der Waals surface area contributed by atoms with E-state index in [9.17, 15) is 9.59 Å². The first-order valence-corrected chi connectivity index (χ1v) is 10.7. The molecule has 3 aromatic rings. The quantitative estimate of drug-likeness (QED) is 0.541. The summed E-state index contributed by atoms with van der Waals surface area (Å²) in [6, 6.07) is 21.6. The highest BCUT2D eigenvalue weighted by Crippen LogP contribution is 2.49. The van der Waals surface area contributed by atoms with Crippen LogP contribution in [0.3, 0.4) is 0 Å². The van der Waals surface area contributed by atoms with Crippen molar-refractivity contribution in [3.63, 3.8) is 0 Å². The van der Waals surface area contributed by atoms with E-state index in [0.717, 1.165) is 11.3 Å². The molecule has 0 unspecified atom stereocenters. The van der Waals surface area contributed by atoms with Crippen molar-refractivity contribution in [1.82, 2.24) is 0 Å². The van der Waals surface area contributed by atoms with Gasteiger partial charge in [0.15, 0.2) is 6.10 Å². The first kappa shape index (κ1) is 20.5. The van der Waals surface area contributed by atoms with Gasteiger partial charge in [0, 0.05) is 10.6 Å². The molecule has 0 radical (unpaired) electrons. The molecule has 0 aromatic heterocycles. The van der Waals surface area contributed by atoms with Gasteiger partial charge >= 0.3 is 0 Å². The Balaban J connectivity index is 1.63. The molecule has 2 fully saturated rings. The fourth-order valence-corrected chi connectivity index (χ4v) is 4.69. The highest BCUT2D eigenvalue weighted by Gasteiger charge is 2.60. The molecule has 2 heterocycles. The van der Waals surface area contributed by atoms with Gasteiger partial charge in [0.05, 0.1) is 24.5 Å². The van der Waals surface area contributed by atoms with Gasteiger partial charge in [-0.1, -0.05) is 54.1 Å². The lowest BCUT2D eigenvalue weighted by Crippen LogP contribution is -2.37. The van der Waals surface area contributed by atoms with Gasteiger partial charge in [0.25, 0.3) is 5.91 Å². The number of carbonyl (C=O) groups excluding carboxylic acids is 2. The number of hydrogen-bond donors (Lipinski definition) is 0. The Labute approximate surface area is 190 Å². The molecule has 2 amide bonds. The van der Waals surface area contributed by atoms with E-state index in [1.54, 1.807) is 37.3 Å². The van der Waals surface area contributed by atoms with E-state index in [1.165, 1.54) is 4.90 Å². The van der Waals surface area contributed by atoms with Gasteiger partial charge in [0.1, 0.15) is 11.7 Å². The molecular weight excluding hydrogens is 428 g/mol. The third kappa shape index (κ3) is 3.06. The second-order valence-corrected chi connectivity index (χ2v) is 8.20. The SMILES string of the molecule is COc1ccccc1[C@@H]1[C@H]2C(=O)N(c3cccc(Cl)c3C)C(=O)[C@H]2ON1c1ccccc1. The summed E-state index contributed by atoms with van der Waals surface area (Å²) in [6.45, 7) is 1.79. The van der Waals surface area contributed by atoms with Gasteiger partial charge in [-0.2, -0.15) is 0 Å². The van der Waals surface area contributed by atoms with E-state index in [1.807, 2.05) is 54.6 Å². The average Bonchev–Trinajstić information content (AvgIpc) is 3.32. The molecule has 0 bridgehead atoms. The number of fused-ring (bicyclic) bond motifs is 1. The van der Waals surface area contributed by atoms with Crippen molar-refractivity contribution >= 4 is 34.8 Å². The zero-order valence-electron chi connectivity index (χ0n) is 17.6. The summed E-state index contributed by atoms with van der Waals surface area (Å²) < 4.78 is 5.59. The maximum Gasteiger partial charge on any atom is 0.266 e. The molecule has 2 saturated heterocycles. The van der Waals surface area contributed by atoms with Crippen molar-refractivity contribution in [2.75, 3.05) is 17.1 Å². The van der Waals surface area contributed by atoms with Gasteiger partial charge in [0.2, 0.25) is 5.91 Å². The summed E-state index contributed by atoms with van der Waals surface area (Å²) in [7, 11) is 1.59. The Morgan fingerprint density at radius 2 is 1.62 bits per heavy atom. The molecule has 162 valence electrons. The first-order valence-electron chi connectivity index (χ1n) is 10.3. The van der Waals surface area contributed by atoms with E-state index < -0.39 is 24.0 Å². The molecule has 6 nitrogen and oxygen atoms in total. The minimum atomic E-state index is -0.948. The predicted octanol–water partition coefficient (Wildman–Crippen LogP) is 4.71. The molecule has 0 saturated carbocycles. The Bertz CT molecular complexity index is 1200. The summed E-state index contributed by atoms with van der Waals surface area (Å²) in [5.41, 5.74) is 2.68. The molecule has 0 aliphatic carbocycles. The highest BCUT2D eigenvalue weighted by atomic mass is 35.5. The van der Waals surface area contributed by atoms with Crippen molar-refractivity contribution in [2.24, 2.45) is 5.92 Å². The lowest BCUT2D eigenvalue weighted by atomic mass is 9.90. The van der Waals surface area contributed by atoms with Crippen LogP contribution in [0.1, 0.15) is 17.2 Å². The van der Waals surface area contributed by atoms with Crippen molar-refractivity contribution in [2.45, 2.75) is 19.1 Å². The number of amides is 2. The second-order valence-electron chi connectivity index (χ2n) is 7.80. The van der Waals surface area contributed by atoms with E-state index in [-0.39, 0.29) is 5.91 Å². The van der Waals surface area contributed by atoms with Crippen LogP contribution < -0.4 is 14.7 Å². The number of nitrogens with zero attached hydrogens (tertiary/aromatic N) is 2. The van der Waals surface area contributed by atoms with Crippen molar-refractivity contribution in [1.29, 1.82) is 0 Å². The number of carbonyl (C=O) groups is 2. The third-order valence-corrected chi connectivity index (χ3v) is 6.47. The number of para-hydroxylation sites is 2. The molecule has 3 atom stereocenters. The topological polar surface area (TPSA) is 59.1 Å². The molecule has 0 N–H and O–H groups in total. The van der Waals surface area contributed by atoms with Crippen molar-refractivity contribution in [3.05, 3.63) is 88.9 Å². The number of hydroxylamine groups is 1. The number of imide groups is 1. The highest BCUT2D eigenvalue weighted by molar-refractivity contribution is 6.32. The number of hydrogen-bond acceptors (Lipinski definition) is 5. The summed E-state index contributed by atoms with van der Waals surface area (Å²) >= 11 is 6.27. The lowest BCUT2D eigenvalue weighted by molar-refractivity contribution is -0.126. The zero-order chi connectivity index (χ0) is 22.4. The minimum Gasteiger partial charge on any atom is -0.496 e. The van der Waals surface area contributed by atoms with E-state index in [0.29, 0.717) is 22.0 Å². The van der Waals surface area contributed by atoms with Gasteiger partial charge < -0.3 is 4.74 Å². The van der Waals surface area contributed by atoms with Crippen LogP contribution in [0.15, 0.2) is 72.8 Å². The van der Waals surface area contributed by atoms with Crippen LogP contribution in [0.4, 0.5) is 11.4 Å². The monoisotopic (exact) mass is 448 g/mol. The standard InChI is InChI=1S/C25H21ClN2O4/c1-15-18(26)12-8-13-19(15)27-24(29)21-22(17-11-6-7-14-20(17)31-2)28(32-23(21)25(27)30)16-9-4-3-5-10-16/h3-14,21-23H,1-2H3/t21-,22-,23+/m1/s1. The summed E-state index contributed by atoms with van der Waals surface area (Å²) in [5, 5.41) is 2.15. The largest absolute Gasteiger partial charge is 0.496 e. The Morgan fingerprint density at radius 1 is 0.906 bits per heavy atom. The second kappa shape index (κ2) is 7.97. The van der Waals surface area contributed by atoms with Gasteiger partial charge in [-0.3, -0.25) is 14.4 Å². The van der Waals surface area contributed by atoms with Crippen molar-refractivity contribution in [3.8, 4) is 5.75 Å². The molecule has 7 heteroatoms. The maximum absolute atomic E-state index is 13.7. The van der Waals surface area contributed by atoms with Crippen LogP contribution in [0.25, 0.3) is 0 Å². The first-order chi connectivity index (χ1) is 15.5. The van der Waals surface area contributed by atoms with Crippen molar-refractivity contribution < 1.29 is 19.2 Å². The van der Waals surface area contributed by atoms with Crippen LogP contribution in [0.5, 0.6) is 5.75 Å². The number of rotatable bonds is 4. The zero-order valence-corrected chi connectivity index (χ0v) is 18.3. The number of anilines is 2. The summed E-state index contributed by atoms with van der Waals surface area (Å²) in [6.07, 6.45) is -0.948. The van der Waals surface area contributed by atoms with Gasteiger partial charge in [-0.15, -0.1) is 0 Å². The molecule has 32 heavy (non-hydrogen) atoms. The van der Waals surface area contributed by atoms with Gasteiger partial charge in [-0.05, 0) is 42.8 Å². The maximum atomic E-state index is 13.7. The molecule has 2 aliphatic heterocycles. The number of methoxy groups -OCH3 is 1. The molecular formula is C25H21ClN2O4. The third-order valence-electron chi connectivity index (χ3n) is 6.06. The molecule has 2 aliphatic rings. The van der Waals surface area contributed by atoms with Crippen LogP contribution in [-0.2, 0) is 14.4 Å². The van der Waals surface area contributed by atoms with Crippen LogP contribution in [0.2, 0.25) is 5.02 Å². The fourth-order valence-electron chi connectivity index (χ4n) is 4.52. The normalized spacial score (nSPS) is 22.4. The van der Waals surface area contributed by atoms with E-state index in [4.69, 9.17) is 21.2 Å². The summed E-state index contributed by atoms with van der Waals surface area (Å²) in [5.74, 6) is -0.832. The smallest absolute Gasteiger partial charge is 0.266 e. The molecule has 3 aromatic carbocycles. The predicted molar refractivity (Wildman–Crippen MR) is 122 cm³/mol. The average molecular weight is 449 g/mol. The van der Waals surface area contributed by atoms with E-state index in [2.05, 4.69) is 0 Å². The fraction of sp³-hybridized carbons (Fsp3) is 0.200. The Hall–Kier alpha value is -3.35. The van der Waals surface area contributed by atoms with E-state index >= 15 is 0 Å². The van der Waals surface area contributed by atoms with Crippen LogP contribution in [0, 0.1) is 12.8 Å². The number of benzene rings is 3. The lowest BCUT2D eigenvalue weighted by Gasteiger charge is -2.29. The van der Waals surface area contributed by atoms with Crippen LogP contribution >= 0.6 is 11.6 Å².